The van der Waals surface area contributed by atoms with E-state index in [4.69, 9.17) is 28.6 Å². The molecule has 7 heteroatoms. The highest BCUT2D eigenvalue weighted by atomic mass is 35.5. The Morgan fingerprint density at radius 1 is 1.32 bits per heavy atom. The number of benzene rings is 1. The second kappa shape index (κ2) is 7.58. The molecular weight excluding hydrogens is 340 g/mol. The van der Waals surface area contributed by atoms with Crippen molar-refractivity contribution in [2.24, 2.45) is 0 Å². The molecule has 0 fully saturated rings. The molecule has 2 N–H and O–H groups in total. The Kier molecular flexibility index (Phi) is 5.76. The molecule has 0 amide bonds. The predicted octanol–water partition coefficient (Wildman–Crippen LogP) is 4.56. The van der Waals surface area contributed by atoms with Crippen LogP contribution in [0.1, 0.15) is 22.2 Å². The van der Waals surface area contributed by atoms with Crippen LogP contribution in [0.25, 0.3) is 0 Å². The van der Waals surface area contributed by atoms with E-state index in [9.17, 15) is 4.79 Å². The van der Waals surface area contributed by atoms with Gasteiger partial charge in [-0.2, -0.15) is 0 Å². The number of nitrogens with one attached hydrogen (secondary N) is 2. The summed E-state index contributed by atoms with van der Waals surface area (Å²) in [7, 11) is 1.36. The standard InChI is InChI=1S/C15H15ClN2O2S2/c1-3-11-8-12(14(19)20-2)13(22-11)18-15(21)17-10-6-4-9(16)5-7-10/h4-8H,3H2,1-2H3,(H2,17,18,21). The summed E-state index contributed by atoms with van der Waals surface area (Å²) in [5, 5.41) is 7.83. The minimum atomic E-state index is -0.382. The van der Waals surface area contributed by atoms with E-state index in [0.29, 0.717) is 20.7 Å². The fourth-order valence-corrected chi connectivity index (χ4v) is 3.17. The van der Waals surface area contributed by atoms with E-state index in [1.165, 1.54) is 18.4 Å². The maximum absolute atomic E-state index is 11.8. The lowest BCUT2D eigenvalue weighted by Crippen LogP contribution is -2.19. The molecule has 22 heavy (non-hydrogen) atoms. The van der Waals surface area contributed by atoms with E-state index >= 15 is 0 Å². The van der Waals surface area contributed by atoms with E-state index in [1.807, 2.05) is 25.1 Å². The zero-order valence-electron chi connectivity index (χ0n) is 12.1. The summed E-state index contributed by atoms with van der Waals surface area (Å²) in [5.74, 6) is -0.382. The van der Waals surface area contributed by atoms with E-state index in [2.05, 4.69) is 10.6 Å². The Balaban J connectivity index is 2.12. The van der Waals surface area contributed by atoms with Gasteiger partial charge in [0.2, 0.25) is 0 Å². The summed E-state index contributed by atoms with van der Waals surface area (Å²) < 4.78 is 4.80. The average Bonchev–Trinajstić information content (AvgIpc) is 2.91. The number of hydrogen-bond acceptors (Lipinski definition) is 4. The number of esters is 1. The van der Waals surface area contributed by atoms with Gasteiger partial charge >= 0.3 is 5.97 Å². The zero-order valence-corrected chi connectivity index (χ0v) is 14.5. The lowest BCUT2D eigenvalue weighted by Gasteiger charge is -2.10. The Hall–Kier alpha value is -1.63. The minimum absolute atomic E-state index is 0.382. The van der Waals surface area contributed by atoms with Gasteiger partial charge in [0.05, 0.1) is 12.7 Å². The molecule has 2 aromatic rings. The minimum Gasteiger partial charge on any atom is -0.465 e. The van der Waals surface area contributed by atoms with Gasteiger partial charge in [-0.15, -0.1) is 11.3 Å². The van der Waals surface area contributed by atoms with Crippen LogP contribution in [-0.2, 0) is 11.2 Å². The first kappa shape index (κ1) is 16.7. The second-order valence-corrected chi connectivity index (χ2v) is 6.37. The Labute approximate surface area is 143 Å². The van der Waals surface area contributed by atoms with Gasteiger partial charge < -0.3 is 15.4 Å². The predicted molar refractivity (Wildman–Crippen MR) is 96.3 cm³/mol. The molecular formula is C15H15ClN2O2S2. The zero-order chi connectivity index (χ0) is 16.1. The average molecular weight is 355 g/mol. The van der Waals surface area contributed by atoms with Crippen molar-refractivity contribution >= 4 is 56.9 Å². The lowest BCUT2D eigenvalue weighted by atomic mass is 10.2. The van der Waals surface area contributed by atoms with Crippen LogP contribution in [0.3, 0.4) is 0 Å². The van der Waals surface area contributed by atoms with Crippen molar-refractivity contribution in [1.29, 1.82) is 0 Å². The Bertz CT molecular complexity index is 683. The van der Waals surface area contributed by atoms with Gasteiger partial charge in [0.15, 0.2) is 5.11 Å². The monoisotopic (exact) mass is 354 g/mol. The van der Waals surface area contributed by atoms with Crippen molar-refractivity contribution in [3.05, 3.63) is 45.8 Å². The van der Waals surface area contributed by atoms with Crippen molar-refractivity contribution in [3.63, 3.8) is 0 Å². The van der Waals surface area contributed by atoms with Gasteiger partial charge in [-0.25, -0.2) is 4.79 Å². The third-order valence-corrected chi connectivity index (χ3v) is 4.52. The van der Waals surface area contributed by atoms with Gasteiger partial charge in [0.25, 0.3) is 0 Å². The molecule has 0 spiro atoms. The Morgan fingerprint density at radius 2 is 2.00 bits per heavy atom. The highest BCUT2D eigenvalue weighted by molar-refractivity contribution is 7.80. The van der Waals surface area contributed by atoms with E-state index in [1.54, 1.807) is 12.1 Å². The highest BCUT2D eigenvalue weighted by Gasteiger charge is 2.17. The number of carbonyl (C=O) groups is 1. The van der Waals surface area contributed by atoms with Gasteiger partial charge in [-0.1, -0.05) is 18.5 Å². The van der Waals surface area contributed by atoms with Gasteiger partial charge in [-0.05, 0) is 49.0 Å². The summed E-state index contributed by atoms with van der Waals surface area (Å²) in [6.45, 7) is 2.03. The topological polar surface area (TPSA) is 50.4 Å². The smallest absolute Gasteiger partial charge is 0.340 e. The van der Waals surface area contributed by atoms with Crippen LogP contribution in [0.2, 0.25) is 5.02 Å². The number of rotatable bonds is 4. The number of halogens is 1. The molecule has 2 rings (SSSR count). The van der Waals surface area contributed by atoms with Crippen LogP contribution in [0, 0.1) is 0 Å². The van der Waals surface area contributed by atoms with Crippen molar-refractivity contribution in [2.45, 2.75) is 13.3 Å². The SMILES string of the molecule is CCc1cc(C(=O)OC)c(NC(=S)Nc2ccc(Cl)cc2)s1. The van der Waals surface area contributed by atoms with Crippen molar-refractivity contribution in [3.8, 4) is 0 Å². The van der Waals surface area contributed by atoms with Crippen LogP contribution in [-0.4, -0.2) is 18.2 Å². The molecule has 4 nitrogen and oxygen atoms in total. The van der Waals surface area contributed by atoms with E-state index in [-0.39, 0.29) is 5.97 Å². The highest BCUT2D eigenvalue weighted by Crippen LogP contribution is 2.29. The molecule has 116 valence electrons. The van der Waals surface area contributed by atoms with E-state index < -0.39 is 0 Å². The number of anilines is 2. The van der Waals surface area contributed by atoms with E-state index in [0.717, 1.165) is 17.0 Å². The summed E-state index contributed by atoms with van der Waals surface area (Å²) in [6.07, 6.45) is 0.841. The van der Waals surface area contributed by atoms with Crippen molar-refractivity contribution in [1.82, 2.24) is 0 Å². The molecule has 0 bridgehead atoms. The summed E-state index contributed by atoms with van der Waals surface area (Å²) in [4.78, 5) is 12.9. The van der Waals surface area contributed by atoms with Gasteiger partial charge in [-0.3, -0.25) is 0 Å². The largest absolute Gasteiger partial charge is 0.465 e. The molecule has 1 heterocycles. The summed E-state index contributed by atoms with van der Waals surface area (Å²) >= 11 is 12.6. The van der Waals surface area contributed by atoms with Gasteiger partial charge in [0.1, 0.15) is 5.00 Å². The first-order valence-corrected chi connectivity index (χ1v) is 8.18. The van der Waals surface area contributed by atoms with Gasteiger partial charge in [0, 0.05) is 15.6 Å². The number of carbonyl (C=O) groups excluding carboxylic acids is 1. The molecule has 0 aliphatic heterocycles. The van der Waals surface area contributed by atoms with Crippen molar-refractivity contribution < 1.29 is 9.53 Å². The first-order valence-electron chi connectivity index (χ1n) is 6.58. The van der Waals surface area contributed by atoms with Crippen LogP contribution in [0.15, 0.2) is 30.3 Å². The number of methoxy groups -OCH3 is 1. The maximum Gasteiger partial charge on any atom is 0.340 e. The quantitative estimate of drug-likeness (QED) is 0.622. The Morgan fingerprint density at radius 3 is 2.59 bits per heavy atom. The second-order valence-electron chi connectivity index (χ2n) is 4.39. The van der Waals surface area contributed by atoms with Crippen LogP contribution < -0.4 is 10.6 Å². The number of aryl methyl sites for hydroxylation is 1. The molecule has 0 saturated heterocycles. The molecule has 1 aromatic carbocycles. The van der Waals surface area contributed by atoms with Crippen LogP contribution in [0.4, 0.5) is 10.7 Å². The summed E-state index contributed by atoms with van der Waals surface area (Å²) in [6, 6.07) is 9.01. The third-order valence-electron chi connectivity index (χ3n) is 2.87. The van der Waals surface area contributed by atoms with Crippen LogP contribution >= 0.6 is 35.2 Å². The normalized spacial score (nSPS) is 10.1. The first-order chi connectivity index (χ1) is 10.5. The molecule has 0 radical (unpaired) electrons. The number of thiophene rings is 1. The molecule has 0 aliphatic rings. The molecule has 0 atom stereocenters. The summed E-state index contributed by atoms with van der Waals surface area (Å²) in [5.41, 5.74) is 1.30. The van der Waals surface area contributed by atoms with Crippen molar-refractivity contribution in [2.75, 3.05) is 17.7 Å². The number of thiocarbonyl (C=S) groups is 1. The third kappa shape index (κ3) is 4.19. The number of ether oxygens (including phenoxy) is 1. The molecule has 1 aromatic heterocycles. The fraction of sp³-hybridized carbons (Fsp3) is 0.200. The molecule has 0 saturated carbocycles. The number of hydrogen-bond donors (Lipinski definition) is 2. The lowest BCUT2D eigenvalue weighted by molar-refractivity contribution is 0.0602. The molecule has 0 aliphatic carbocycles. The fourth-order valence-electron chi connectivity index (χ4n) is 1.77. The van der Waals surface area contributed by atoms with Crippen LogP contribution in [0.5, 0.6) is 0 Å². The maximum atomic E-state index is 11.8. The molecule has 0 unspecified atom stereocenters.